The van der Waals surface area contributed by atoms with Gasteiger partial charge in [0, 0.05) is 12.6 Å². The smallest absolute Gasteiger partial charge is 0.243 e. The summed E-state index contributed by atoms with van der Waals surface area (Å²) in [7, 11) is -3.59. The van der Waals surface area contributed by atoms with Crippen LogP contribution in [0.25, 0.3) is 0 Å². The summed E-state index contributed by atoms with van der Waals surface area (Å²) in [4.78, 5) is 0.254. The predicted octanol–water partition coefficient (Wildman–Crippen LogP) is 2.21. The molecule has 0 radical (unpaired) electrons. The van der Waals surface area contributed by atoms with Gasteiger partial charge in [0.2, 0.25) is 10.0 Å². The van der Waals surface area contributed by atoms with Gasteiger partial charge in [-0.2, -0.15) is 4.31 Å². The first kappa shape index (κ1) is 16.4. The number of nitrogens with zero attached hydrogens (tertiary/aromatic N) is 1. The summed E-state index contributed by atoms with van der Waals surface area (Å²) >= 11 is 0. The fourth-order valence-electron chi connectivity index (χ4n) is 3.14. The van der Waals surface area contributed by atoms with Crippen molar-refractivity contribution in [2.75, 3.05) is 19.6 Å². The van der Waals surface area contributed by atoms with Gasteiger partial charge in [-0.25, -0.2) is 12.8 Å². The van der Waals surface area contributed by atoms with Crippen LogP contribution < -0.4 is 5.32 Å². The Hall–Kier alpha value is -0.980. The molecule has 1 aromatic carbocycles. The lowest BCUT2D eigenvalue weighted by atomic mass is 10.1. The Kier molecular flexibility index (Phi) is 5.01. The second kappa shape index (κ2) is 6.42. The largest absolute Gasteiger partial charge is 0.317 e. The molecule has 0 aromatic heterocycles. The van der Waals surface area contributed by atoms with Gasteiger partial charge in [0.1, 0.15) is 5.82 Å². The number of rotatable bonds is 4. The van der Waals surface area contributed by atoms with E-state index in [9.17, 15) is 12.8 Å². The number of halogens is 1. The van der Waals surface area contributed by atoms with Crippen LogP contribution in [0.15, 0.2) is 17.0 Å². The van der Waals surface area contributed by atoms with Gasteiger partial charge in [-0.3, -0.25) is 0 Å². The van der Waals surface area contributed by atoms with Gasteiger partial charge in [-0.15, -0.1) is 0 Å². The first-order valence-corrected chi connectivity index (χ1v) is 8.81. The van der Waals surface area contributed by atoms with E-state index in [0.717, 1.165) is 25.9 Å². The third kappa shape index (κ3) is 3.27. The molecule has 21 heavy (non-hydrogen) atoms. The lowest BCUT2D eigenvalue weighted by molar-refractivity contribution is 0.270. The van der Waals surface area contributed by atoms with Crippen LogP contribution in [0.1, 0.15) is 30.9 Å². The number of benzene rings is 1. The van der Waals surface area contributed by atoms with Crippen molar-refractivity contribution in [3.05, 3.63) is 29.1 Å². The summed E-state index contributed by atoms with van der Waals surface area (Å²) in [5, 5.41) is 3.24. The summed E-state index contributed by atoms with van der Waals surface area (Å²) in [5.74, 6) is -0.395. The fraction of sp³-hybridized carbons (Fsp3) is 0.600. The molecule has 0 unspecified atom stereocenters. The van der Waals surface area contributed by atoms with Crippen LogP contribution in [0.4, 0.5) is 4.39 Å². The molecule has 0 saturated carbocycles. The molecule has 1 N–H and O–H groups in total. The number of sulfonamides is 1. The van der Waals surface area contributed by atoms with Crippen molar-refractivity contribution in [2.24, 2.45) is 0 Å². The molecule has 1 aromatic rings. The Morgan fingerprint density at radius 3 is 2.24 bits per heavy atom. The standard InChI is InChI=1S/C15H23FN2O2S/c1-4-18(14-5-7-17-8-6-14)21(19,20)15-11(2)9-13(16)10-12(15)3/h9-10,14,17H,4-8H2,1-3H3. The van der Waals surface area contributed by atoms with Crippen molar-refractivity contribution in [1.29, 1.82) is 0 Å². The van der Waals surface area contributed by atoms with Crippen LogP contribution in [0, 0.1) is 19.7 Å². The van der Waals surface area contributed by atoms with E-state index in [1.54, 1.807) is 18.2 Å². The van der Waals surface area contributed by atoms with Crippen molar-refractivity contribution in [3.8, 4) is 0 Å². The molecule has 1 heterocycles. The second-order valence-electron chi connectivity index (χ2n) is 5.56. The van der Waals surface area contributed by atoms with E-state index in [4.69, 9.17) is 0 Å². The molecule has 0 spiro atoms. The second-order valence-corrected chi connectivity index (χ2v) is 7.39. The van der Waals surface area contributed by atoms with Crippen LogP contribution in [-0.2, 0) is 10.0 Å². The molecule has 0 bridgehead atoms. The van der Waals surface area contributed by atoms with E-state index in [1.807, 2.05) is 6.92 Å². The summed E-state index contributed by atoms with van der Waals surface area (Å²) in [6.45, 7) is 7.26. The van der Waals surface area contributed by atoms with E-state index >= 15 is 0 Å². The minimum Gasteiger partial charge on any atom is -0.317 e. The fourth-order valence-corrected chi connectivity index (χ4v) is 5.25. The molecule has 1 saturated heterocycles. The van der Waals surface area contributed by atoms with Gasteiger partial charge in [0.25, 0.3) is 0 Å². The zero-order valence-corrected chi connectivity index (χ0v) is 13.6. The molecule has 0 atom stereocenters. The van der Waals surface area contributed by atoms with E-state index in [2.05, 4.69) is 5.32 Å². The van der Waals surface area contributed by atoms with E-state index in [0.29, 0.717) is 17.7 Å². The maximum Gasteiger partial charge on any atom is 0.243 e. The van der Waals surface area contributed by atoms with Crippen molar-refractivity contribution in [2.45, 2.75) is 44.6 Å². The highest BCUT2D eigenvalue weighted by Crippen LogP contribution is 2.28. The summed E-state index contributed by atoms with van der Waals surface area (Å²) in [5.41, 5.74) is 0.944. The third-order valence-corrected chi connectivity index (χ3v) is 6.35. The Balaban J connectivity index is 2.44. The number of hydrogen-bond donors (Lipinski definition) is 1. The lowest BCUT2D eigenvalue weighted by Gasteiger charge is -2.33. The SMILES string of the molecule is CCN(C1CCNCC1)S(=O)(=O)c1c(C)cc(F)cc1C. The van der Waals surface area contributed by atoms with Gasteiger partial charge in [0.15, 0.2) is 0 Å². The molecule has 4 nitrogen and oxygen atoms in total. The highest BCUT2D eigenvalue weighted by Gasteiger charge is 2.33. The maximum absolute atomic E-state index is 13.4. The van der Waals surface area contributed by atoms with Gasteiger partial charge in [-0.1, -0.05) is 6.92 Å². The summed E-state index contributed by atoms with van der Waals surface area (Å²) < 4.78 is 41.0. The quantitative estimate of drug-likeness (QED) is 0.927. The van der Waals surface area contributed by atoms with Crippen LogP contribution in [0.2, 0.25) is 0 Å². The zero-order valence-electron chi connectivity index (χ0n) is 12.8. The molecular formula is C15H23FN2O2S. The average Bonchev–Trinajstić information content (AvgIpc) is 2.38. The van der Waals surface area contributed by atoms with Crippen molar-refractivity contribution in [3.63, 3.8) is 0 Å². The molecule has 0 aliphatic carbocycles. The molecule has 1 fully saturated rings. The average molecular weight is 314 g/mol. The molecule has 1 aliphatic heterocycles. The Labute approximate surface area is 126 Å². The van der Waals surface area contributed by atoms with Gasteiger partial charge in [0.05, 0.1) is 4.90 Å². The number of aryl methyl sites for hydroxylation is 2. The number of piperidine rings is 1. The van der Waals surface area contributed by atoms with Crippen molar-refractivity contribution < 1.29 is 12.8 Å². The molecule has 118 valence electrons. The van der Waals surface area contributed by atoms with E-state index in [-0.39, 0.29) is 10.9 Å². The van der Waals surface area contributed by atoms with E-state index in [1.165, 1.54) is 12.1 Å². The lowest BCUT2D eigenvalue weighted by Crippen LogP contribution is -2.46. The highest BCUT2D eigenvalue weighted by atomic mass is 32.2. The first-order valence-electron chi connectivity index (χ1n) is 7.37. The molecular weight excluding hydrogens is 291 g/mol. The zero-order chi connectivity index (χ0) is 15.6. The van der Waals surface area contributed by atoms with Gasteiger partial charge >= 0.3 is 0 Å². The Bertz CT molecular complexity index is 587. The van der Waals surface area contributed by atoms with Crippen molar-refractivity contribution >= 4 is 10.0 Å². The maximum atomic E-state index is 13.4. The van der Waals surface area contributed by atoms with Gasteiger partial charge < -0.3 is 5.32 Å². The highest BCUT2D eigenvalue weighted by molar-refractivity contribution is 7.89. The monoisotopic (exact) mass is 314 g/mol. The molecule has 1 aliphatic rings. The normalized spacial score (nSPS) is 17.4. The summed E-state index contributed by atoms with van der Waals surface area (Å²) in [6.07, 6.45) is 1.62. The Morgan fingerprint density at radius 2 is 1.76 bits per heavy atom. The van der Waals surface area contributed by atoms with Crippen molar-refractivity contribution in [1.82, 2.24) is 9.62 Å². The predicted molar refractivity (Wildman–Crippen MR) is 81.3 cm³/mol. The Morgan fingerprint density at radius 1 is 1.24 bits per heavy atom. The van der Waals surface area contributed by atoms with Crippen LogP contribution in [-0.4, -0.2) is 38.4 Å². The first-order chi connectivity index (χ1) is 9.87. The minimum absolute atomic E-state index is 0.0186. The van der Waals surface area contributed by atoms with Crippen LogP contribution in [0.5, 0.6) is 0 Å². The molecule has 2 rings (SSSR count). The molecule has 6 heteroatoms. The van der Waals surface area contributed by atoms with Crippen LogP contribution in [0.3, 0.4) is 0 Å². The topological polar surface area (TPSA) is 49.4 Å². The number of nitrogens with one attached hydrogen (secondary N) is 1. The summed E-state index contributed by atoms with van der Waals surface area (Å²) in [6, 6.07) is 2.59. The van der Waals surface area contributed by atoms with E-state index < -0.39 is 15.8 Å². The van der Waals surface area contributed by atoms with Gasteiger partial charge in [-0.05, 0) is 63.0 Å². The van der Waals surface area contributed by atoms with Crippen LogP contribution >= 0.6 is 0 Å². The molecule has 0 amide bonds. The third-order valence-electron chi connectivity index (χ3n) is 4.02. The minimum atomic E-state index is -3.59. The number of hydrogen-bond acceptors (Lipinski definition) is 3.